The first-order valence-corrected chi connectivity index (χ1v) is 7.59. The van der Waals surface area contributed by atoms with Crippen LogP contribution in [0.1, 0.15) is 62.1 Å². The molecule has 0 bridgehead atoms. The van der Waals surface area contributed by atoms with Crippen LogP contribution in [0.4, 0.5) is 0 Å². The lowest BCUT2D eigenvalue weighted by Gasteiger charge is -2.48. The van der Waals surface area contributed by atoms with Crippen LogP contribution in [0, 0.1) is 17.8 Å². The normalized spacial score (nSPS) is 40.2. The largest absolute Gasteiger partial charge is 0.365 e. The van der Waals surface area contributed by atoms with E-state index in [0.29, 0.717) is 0 Å². The highest BCUT2D eigenvalue weighted by Gasteiger charge is 2.42. The van der Waals surface area contributed by atoms with E-state index in [9.17, 15) is 0 Å². The summed E-state index contributed by atoms with van der Waals surface area (Å²) in [5.41, 5.74) is 3.24. The van der Waals surface area contributed by atoms with E-state index in [4.69, 9.17) is 0 Å². The highest BCUT2D eigenvalue weighted by Crippen LogP contribution is 2.53. The smallest absolute Gasteiger partial charge is 0.0182 e. The van der Waals surface area contributed by atoms with Crippen LogP contribution < -0.4 is 0 Å². The molecule has 1 nitrogen and oxygen atoms in total. The first-order chi connectivity index (χ1) is 8.43. The molecule has 0 saturated heterocycles. The molecule has 1 aromatic heterocycles. The number of hydrogen-bond donors (Lipinski definition) is 1. The van der Waals surface area contributed by atoms with E-state index in [-0.39, 0.29) is 0 Å². The molecule has 0 aliphatic heterocycles. The van der Waals surface area contributed by atoms with E-state index in [1.807, 2.05) is 0 Å². The zero-order valence-corrected chi connectivity index (χ0v) is 10.6. The molecule has 17 heavy (non-hydrogen) atoms. The van der Waals surface area contributed by atoms with Gasteiger partial charge in [-0.2, -0.15) is 0 Å². The van der Waals surface area contributed by atoms with Gasteiger partial charge < -0.3 is 4.98 Å². The average molecular weight is 229 g/mol. The Morgan fingerprint density at radius 1 is 0.941 bits per heavy atom. The molecule has 1 N–H and O–H groups in total. The first-order valence-electron chi connectivity index (χ1n) is 7.59. The van der Waals surface area contributed by atoms with Crippen LogP contribution in [-0.4, -0.2) is 4.98 Å². The zero-order valence-electron chi connectivity index (χ0n) is 10.6. The molecular weight excluding hydrogens is 206 g/mol. The number of rotatable bonds is 0. The minimum absolute atomic E-state index is 0.907. The molecule has 3 aliphatic rings. The molecular formula is C16H23N. The van der Waals surface area contributed by atoms with Gasteiger partial charge in [-0.05, 0) is 67.4 Å². The second-order valence-corrected chi connectivity index (χ2v) is 6.51. The molecule has 0 aromatic carbocycles. The molecule has 1 aromatic rings. The molecule has 92 valence electrons. The number of aromatic amines is 1. The Hall–Kier alpha value is -0.720. The van der Waals surface area contributed by atoms with Gasteiger partial charge in [-0.3, -0.25) is 0 Å². The van der Waals surface area contributed by atoms with E-state index in [1.165, 1.54) is 51.4 Å². The van der Waals surface area contributed by atoms with Gasteiger partial charge in [0.05, 0.1) is 0 Å². The maximum absolute atomic E-state index is 3.46. The fraction of sp³-hybridized carbons (Fsp3) is 0.750. The molecule has 4 atom stereocenters. The fourth-order valence-corrected chi connectivity index (χ4v) is 5.16. The molecule has 0 spiro atoms. The third-order valence-electron chi connectivity index (χ3n) is 5.88. The van der Waals surface area contributed by atoms with Crippen LogP contribution in [0.2, 0.25) is 0 Å². The van der Waals surface area contributed by atoms with Crippen molar-refractivity contribution in [2.45, 2.75) is 57.3 Å². The third kappa shape index (κ3) is 1.51. The molecule has 0 amide bonds. The second-order valence-electron chi connectivity index (χ2n) is 6.51. The summed E-state index contributed by atoms with van der Waals surface area (Å²) in [7, 11) is 0. The van der Waals surface area contributed by atoms with Gasteiger partial charge in [0.1, 0.15) is 0 Å². The first kappa shape index (κ1) is 10.2. The van der Waals surface area contributed by atoms with Crippen molar-refractivity contribution in [2.75, 3.05) is 0 Å². The quantitative estimate of drug-likeness (QED) is 0.684. The van der Waals surface area contributed by atoms with E-state index >= 15 is 0 Å². The van der Waals surface area contributed by atoms with Gasteiger partial charge >= 0.3 is 0 Å². The second kappa shape index (κ2) is 3.90. The van der Waals surface area contributed by atoms with E-state index in [1.54, 1.807) is 11.3 Å². The van der Waals surface area contributed by atoms with Gasteiger partial charge in [0.15, 0.2) is 0 Å². The number of aryl methyl sites for hydroxylation is 1. The van der Waals surface area contributed by atoms with E-state index in [0.717, 1.165) is 23.7 Å². The van der Waals surface area contributed by atoms with Crippen LogP contribution >= 0.6 is 0 Å². The molecule has 1 heterocycles. The highest BCUT2D eigenvalue weighted by molar-refractivity contribution is 5.29. The Kier molecular flexibility index (Phi) is 2.34. The van der Waals surface area contributed by atoms with Crippen LogP contribution in [0.15, 0.2) is 12.3 Å². The Morgan fingerprint density at radius 3 is 2.88 bits per heavy atom. The Labute approximate surface area is 104 Å². The Morgan fingerprint density at radius 2 is 1.88 bits per heavy atom. The summed E-state index contributed by atoms with van der Waals surface area (Å²) in [6.07, 6.45) is 14.0. The summed E-state index contributed by atoms with van der Waals surface area (Å²) in [4.78, 5) is 3.46. The van der Waals surface area contributed by atoms with Crippen molar-refractivity contribution >= 4 is 0 Å². The number of aromatic nitrogens is 1. The van der Waals surface area contributed by atoms with Crippen LogP contribution in [0.25, 0.3) is 0 Å². The summed E-state index contributed by atoms with van der Waals surface area (Å²) < 4.78 is 0. The van der Waals surface area contributed by atoms with Crippen molar-refractivity contribution in [2.24, 2.45) is 17.8 Å². The predicted octanol–water partition coefficient (Wildman–Crippen LogP) is 4.26. The molecule has 0 radical (unpaired) electrons. The summed E-state index contributed by atoms with van der Waals surface area (Å²) in [5.74, 6) is 4.10. The Balaban J connectivity index is 1.66. The van der Waals surface area contributed by atoms with Crippen LogP contribution in [-0.2, 0) is 6.42 Å². The van der Waals surface area contributed by atoms with E-state index in [2.05, 4.69) is 17.2 Å². The predicted molar refractivity (Wildman–Crippen MR) is 70.0 cm³/mol. The number of hydrogen-bond acceptors (Lipinski definition) is 0. The van der Waals surface area contributed by atoms with E-state index < -0.39 is 0 Å². The van der Waals surface area contributed by atoms with Crippen molar-refractivity contribution in [3.8, 4) is 0 Å². The highest BCUT2D eigenvalue weighted by atomic mass is 14.7. The number of nitrogens with one attached hydrogen (secondary N) is 1. The maximum atomic E-state index is 3.46. The molecule has 4 unspecified atom stereocenters. The molecule has 3 aliphatic carbocycles. The minimum atomic E-state index is 0.907. The molecule has 1 heteroatoms. The Bertz CT molecular complexity index is 405. The third-order valence-corrected chi connectivity index (χ3v) is 5.88. The summed E-state index contributed by atoms with van der Waals surface area (Å²) in [5, 5.41) is 0. The summed E-state index contributed by atoms with van der Waals surface area (Å²) >= 11 is 0. The lowest BCUT2D eigenvalue weighted by Crippen LogP contribution is -2.37. The van der Waals surface area contributed by atoms with Crippen molar-refractivity contribution in [3.63, 3.8) is 0 Å². The van der Waals surface area contributed by atoms with Crippen molar-refractivity contribution in [1.29, 1.82) is 0 Å². The fourth-order valence-electron chi connectivity index (χ4n) is 5.16. The molecule has 4 rings (SSSR count). The summed E-state index contributed by atoms with van der Waals surface area (Å²) in [6, 6.07) is 2.37. The lowest BCUT2D eigenvalue weighted by atomic mass is 9.57. The van der Waals surface area contributed by atoms with Gasteiger partial charge in [0.25, 0.3) is 0 Å². The van der Waals surface area contributed by atoms with Crippen LogP contribution in [0.5, 0.6) is 0 Å². The van der Waals surface area contributed by atoms with Crippen molar-refractivity contribution < 1.29 is 0 Å². The van der Waals surface area contributed by atoms with Gasteiger partial charge in [0.2, 0.25) is 0 Å². The SMILES string of the molecule is c1cc2c([nH]1)CCC1C2CCC2CCCCC21. The van der Waals surface area contributed by atoms with Gasteiger partial charge in [-0.25, -0.2) is 0 Å². The lowest BCUT2D eigenvalue weighted by molar-refractivity contribution is 0.0735. The monoisotopic (exact) mass is 229 g/mol. The van der Waals surface area contributed by atoms with Gasteiger partial charge in [-0.15, -0.1) is 0 Å². The van der Waals surface area contributed by atoms with Gasteiger partial charge in [-0.1, -0.05) is 19.3 Å². The van der Waals surface area contributed by atoms with Crippen LogP contribution in [0.3, 0.4) is 0 Å². The average Bonchev–Trinajstić information content (AvgIpc) is 2.86. The molecule has 2 fully saturated rings. The summed E-state index contributed by atoms with van der Waals surface area (Å²) in [6.45, 7) is 0. The number of fused-ring (bicyclic) bond motifs is 5. The maximum Gasteiger partial charge on any atom is 0.0182 e. The minimum Gasteiger partial charge on any atom is -0.365 e. The van der Waals surface area contributed by atoms with Crippen molar-refractivity contribution in [3.05, 3.63) is 23.5 Å². The van der Waals surface area contributed by atoms with Crippen molar-refractivity contribution in [1.82, 2.24) is 4.98 Å². The topological polar surface area (TPSA) is 15.8 Å². The standard InChI is InChI=1S/C16H23N/c1-2-4-12-11(3-1)5-6-14-13(12)7-8-16-15(14)9-10-17-16/h9-14,17H,1-8H2. The number of H-pyrrole nitrogens is 1. The molecule has 2 saturated carbocycles. The van der Waals surface area contributed by atoms with Gasteiger partial charge in [0, 0.05) is 11.9 Å². The zero-order chi connectivity index (χ0) is 11.2.